The van der Waals surface area contributed by atoms with Crippen LogP contribution in [0.3, 0.4) is 0 Å². The molecule has 0 spiro atoms. The second kappa shape index (κ2) is 3.57. The number of aryl methyl sites for hydroxylation is 2. The van der Waals surface area contributed by atoms with Crippen molar-refractivity contribution in [2.75, 3.05) is 6.61 Å². The predicted octanol–water partition coefficient (Wildman–Crippen LogP) is 2.41. The molecule has 0 amide bonds. The summed E-state index contributed by atoms with van der Waals surface area (Å²) in [5, 5.41) is 0. The summed E-state index contributed by atoms with van der Waals surface area (Å²) >= 11 is 0. The number of aromatic nitrogens is 1. The molecule has 1 rings (SSSR count). The Morgan fingerprint density at radius 3 is 2.58 bits per heavy atom. The lowest BCUT2D eigenvalue weighted by Gasteiger charge is -2.10. The molecule has 0 N–H and O–H groups in total. The molecule has 0 aromatic carbocycles. The van der Waals surface area contributed by atoms with Gasteiger partial charge in [0.1, 0.15) is 5.75 Å². The molecule has 0 aliphatic heterocycles. The summed E-state index contributed by atoms with van der Waals surface area (Å²) in [7, 11) is 0. The fraction of sp³-hybridized carbons (Fsp3) is 0.500. The molecule has 1 heterocycles. The topological polar surface area (TPSA) is 22.1 Å². The minimum atomic E-state index is 0.701. The van der Waals surface area contributed by atoms with E-state index < -0.39 is 0 Å². The second-order valence-corrected chi connectivity index (χ2v) is 2.91. The predicted molar refractivity (Wildman–Crippen MR) is 49.6 cm³/mol. The van der Waals surface area contributed by atoms with Crippen molar-refractivity contribution in [1.29, 1.82) is 0 Å². The average molecular weight is 165 g/mol. The Morgan fingerprint density at radius 2 is 2.00 bits per heavy atom. The Labute approximate surface area is 73.6 Å². The van der Waals surface area contributed by atoms with E-state index in [1.165, 1.54) is 11.1 Å². The quantitative estimate of drug-likeness (QED) is 0.671. The van der Waals surface area contributed by atoms with E-state index in [2.05, 4.69) is 11.9 Å². The van der Waals surface area contributed by atoms with Gasteiger partial charge >= 0.3 is 0 Å². The Hall–Kier alpha value is -1.05. The molecule has 0 bridgehead atoms. The third-order valence-electron chi connectivity index (χ3n) is 2.00. The van der Waals surface area contributed by atoms with Crippen LogP contribution in [0.2, 0.25) is 0 Å². The first-order valence-electron chi connectivity index (χ1n) is 4.22. The maximum Gasteiger partial charge on any atom is 0.143 e. The number of ether oxygens (including phenoxy) is 1. The molecule has 2 heteroatoms. The Bertz CT molecular complexity index is 281. The molecule has 0 saturated carbocycles. The van der Waals surface area contributed by atoms with Crippen molar-refractivity contribution in [3.05, 3.63) is 23.0 Å². The van der Waals surface area contributed by atoms with Gasteiger partial charge in [0, 0.05) is 6.20 Å². The molecule has 66 valence electrons. The van der Waals surface area contributed by atoms with E-state index in [9.17, 15) is 0 Å². The van der Waals surface area contributed by atoms with Crippen LogP contribution >= 0.6 is 0 Å². The van der Waals surface area contributed by atoms with Crippen LogP contribution in [0.5, 0.6) is 5.75 Å². The molecule has 0 atom stereocenters. The highest BCUT2D eigenvalue weighted by molar-refractivity contribution is 5.39. The van der Waals surface area contributed by atoms with Crippen LogP contribution in [0.15, 0.2) is 6.20 Å². The molecule has 0 aliphatic rings. The summed E-state index contributed by atoms with van der Waals surface area (Å²) in [5.41, 5.74) is 3.35. The highest BCUT2D eigenvalue weighted by atomic mass is 16.5. The molecule has 0 radical (unpaired) electrons. The molecule has 12 heavy (non-hydrogen) atoms. The second-order valence-electron chi connectivity index (χ2n) is 2.91. The van der Waals surface area contributed by atoms with Crippen LogP contribution in [-0.2, 0) is 0 Å². The summed E-state index contributed by atoms with van der Waals surface area (Å²) in [6, 6.07) is 0. The van der Waals surface area contributed by atoms with Crippen LogP contribution in [0, 0.1) is 20.8 Å². The summed E-state index contributed by atoms with van der Waals surface area (Å²) in [6.07, 6.45) is 1.88. The van der Waals surface area contributed by atoms with Gasteiger partial charge in [-0.1, -0.05) is 0 Å². The molecule has 1 aromatic heterocycles. The van der Waals surface area contributed by atoms with Crippen molar-refractivity contribution in [2.45, 2.75) is 27.7 Å². The number of nitrogens with zero attached hydrogens (tertiary/aromatic N) is 1. The molecular weight excluding hydrogens is 150 g/mol. The summed E-state index contributed by atoms with van der Waals surface area (Å²) < 4.78 is 5.49. The summed E-state index contributed by atoms with van der Waals surface area (Å²) in [4.78, 5) is 4.23. The maximum absolute atomic E-state index is 5.49. The van der Waals surface area contributed by atoms with Gasteiger partial charge in [-0.3, -0.25) is 4.98 Å². The Kier molecular flexibility index (Phi) is 2.69. The SMILES string of the molecule is CCOc1c(C)ncc(C)c1C. The maximum atomic E-state index is 5.49. The van der Waals surface area contributed by atoms with E-state index in [0.717, 1.165) is 11.4 Å². The van der Waals surface area contributed by atoms with Crippen molar-refractivity contribution in [1.82, 2.24) is 4.98 Å². The van der Waals surface area contributed by atoms with Crippen molar-refractivity contribution < 1.29 is 4.74 Å². The largest absolute Gasteiger partial charge is 0.492 e. The number of rotatable bonds is 2. The lowest BCUT2D eigenvalue weighted by atomic mass is 10.1. The van der Waals surface area contributed by atoms with E-state index in [1.54, 1.807) is 0 Å². The van der Waals surface area contributed by atoms with E-state index in [1.807, 2.05) is 27.0 Å². The van der Waals surface area contributed by atoms with Gasteiger partial charge in [-0.15, -0.1) is 0 Å². The van der Waals surface area contributed by atoms with Gasteiger partial charge in [-0.2, -0.15) is 0 Å². The van der Waals surface area contributed by atoms with Crippen LogP contribution in [0.25, 0.3) is 0 Å². The minimum absolute atomic E-state index is 0.701. The van der Waals surface area contributed by atoms with Crippen LogP contribution < -0.4 is 4.74 Å². The van der Waals surface area contributed by atoms with Crippen molar-refractivity contribution in [3.63, 3.8) is 0 Å². The van der Waals surface area contributed by atoms with E-state index in [-0.39, 0.29) is 0 Å². The van der Waals surface area contributed by atoms with Crippen molar-refractivity contribution in [2.24, 2.45) is 0 Å². The van der Waals surface area contributed by atoms with E-state index in [4.69, 9.17) is 4.74 Å². The first-order valence-corrected chi connectivity index (χ1v) is 4.22. The Morgan fingerprint density at radius 1 is 1.33 bits per heavy atom. The zero-order chi connectivity index (χ0) is 9.14. The van der Waals surface area contributed by atoms with Gasteiger partial charge in [0.2, 0.25) is 0 Å². The molecule has 0 saturated heterocycles. The first kappa shape index (κ1) is 9.04. The van der Waals surface area contributed by atoms with Crippen molar-refractivity contribution >= 4 is 0 Å². The number of hydrogen-bond donors (Lipinski definition) is 0. The average Bonchev–Trinajstić information content (AvgIpc) is 2.06. The van der Waals surface area contributed by atoms with E-state index >= 15 is 0 Å². The fourth-order valence-electron chi connectivity index (χ4n) is 1.16. The lowest BCUT2D eigenvalue weighted by Crippen LogP contribution is -1.99. The van der Waals surface area contributed by atoms with Gasteiger partial charge in [0.25, 0.3) is 0 Å². The third kappa shape index (κ3) is 1.58. The summed E-state index contributed by atoms with van der Waals surface area (Å²) in [5.74, 6) is 0.942. The molecule has 0 unspecified atom stereocenters. The third-order valence-corrected chi connectivity index (χ3v) is 2.00. The standard InChI is InChI=1S/C10H15NO/c1-5-12-10-8(3)7(2)6-11-9(10)4/h6H,5H2,1-4H3. The first-order chi connectivity index (χ1) is 5.66. The van der Waals surface area contributed by atoms with E-state index in [0.29, 0.717) is 6.61 Å². The van der Waals surface area contributed by atoms with Gasteiger partial charge < -0.3 is 4.74 Å². The van der Waals surface area contributed by atoms with Crippen LogP contribution in [-0.4, -0.2) is 11.6 Å². The van der Waals surface area contributed by atoms with Gasteiger partial charge in [-0.25, -0.2) is 0 Å². The zero-order valence-corrected chi connectivity index (χ0v) is 8.14. The normalized spacial score (nSPS) is 10.0. The van der Waals surface area contributed by atoms with Crippen LogP contribution in [0.1, 0.15) is 23.7 Å². The highest BCUT2D eigenvalue weighted by Crippen LogP contribution is 2.23. The molecule has 2 nitrogen and oxygen atoms in total. The van der Waals surface area contributed by atoms with Crippen molar-refractivity contribution in [3.8, 4) is 5.75 Å². The molecule has 1 aromatic rings. The van der Waals surface area contributed by atoms with Gasteiger partial charge in [0.05, 0.1) is 12.3 Å². The fourth-order valence-corrected chi connectivity index (χ4v) is 1.16. The van der Waals surface area contributed by atoms with Gasteiger partial charge in [-0.05, 0) is 38.8 Å². The number of hydrogen-bond acceptors (Lipinski definition) is 2. The van der Waals surface area contributed by atoms with Gasteiger partial charge in [0.15, 0.2) is 0 Å². The minimum Gasteiger partial charge on any atom is -0.492 e. The molecule has 0 aliphatic carbocycles. The number of pyridine rings is 1. The Balaban J connectivity index is 3.14. The molecule has 0 fully saturated rings. The highest BCUT2D eigenvalue weighted by Gasteiger charge is 2.05. The summed E-state index contributed by atoms with van der Waals surface area (Å²) in [6.45, 7) is 8.77. The van der Waals surface area contributed by atoms with Crippen LogP contribution in [0.4, 0.5) is 0 Å². The monoisotopic (exact) mass is 165 g/mol. The zero-order valence-electron chi connectivity index (χ0n) is 8.14. The lowest BCUT2D eigenvalue weighted by molar-refractivity contribution is 0.333. The smallest absolute Gasteiger partial charge is 0.143 e. The molecular formula is C10H15NO.